The van der Waals surface area contributed by atoms with E-state index in [1.54, 1.807) is 12.1 Å². The van der Waals surface area contributed by atoms with Gasteiger partial charge < -0.3 is 10.2 Å². The molecule has 0 heterocycles. The molecule has 4 aromatic rings. The summed E-state index contributed by atoms with van der Waals surface area (Å²) in [6.45, 7) is 0. The fourth-order valence-corrected chi connectivity index (χ4v) is 5.42. The highest BCUT2D eigenvalue weighted by Crippen LogP contribution is 2.54. The van der Waals surface area contributed by atoms with Crippen molar-refractivity contribution in [3.05, 3.63) is 138 Å². The molecule has 0 spiro atoms. The van der Waals surface area contributed by atoms with Gasteiger partial charge in [-0.2, -0.15) is 0 Å². The lowest BCUT2D eigenvalue weighted by Gasteiger charge is -2.45. The number of benzene rings is 4. The van der Waals surface area contributed by atoms with Gasteiger partial charge in [0.25, 0.3) is 0 Å². The summed E-state index contributed by atoms with van der Waals surface area (Å²) in [5.74, 6) is 0. The van der Waals surface area contributed by atoms with Crippen LogP contribution in [-0.2, 0) is 11.2 Å². The highest BCUT2D eigenvalue weighted by atomic mass is 79.9. The molecule has 1 aliphatic carbocycles. The summed E-state index contributed by atoms with van der Waals surface area (Å²) < 4.78 is 1.83. The molecule has 154 valence electrons. The lowest BCUT2D eigenvalue weighted by Crippen LogP contribution is -2.44. The van der Waals surface area contributed by atoms with E-state index in [9.17, 15) is 10.2 Å². The second kappa shape index (κ2) is 7.58. The SMILES string of the molecule is OC1(c2ccc(Br)cc2)c2ccccc2C(O)(c2ccc(Br)cc2)c2c(Cl)cccc21. The van der Waals surface area contributed by atoms with Gasteiger partial charge in [-0.15, -0.1) is 0 Å². The molecular formula is C26H17Br2ClO2. The molecule has 4 aromatic carbocycles. The van der Waals surface area contributed by atoms with E-state index in [-0.39, 0.29) is 0 Å². The Labute approximate surface area is 202 Å². The Morgan fingerprint density at radius 1 is 0.548 bits per heavy atom. The van der Waals surface area contributed by atoms with Crippen LogP contribution in [0.25, 0.3) is 0 Å². The van der Waals surface area contributed by atoms with Crippen LogP contribution in [0.5, 0.6) is 0 Å². The zero-order valence-electron chi connectivity index (χ0n) is 16.2. The molecule has 1 aliphatic rings. The molecule has 0 aromatic heterocycles. The summed E-state index contributed by atoms with van der Waals surface area (Å²) >= 11 is 13.7. The van der Waals surface area contributed by atoms with Crippen LogP contribution < -0.4 is 0 Å². The lowest BCUT2D eigenvalue weighted by molar-refractivity contribution is 0.0748. The van der Waals surface area contributed by atoms with Crippen LogP contribution in [0.2, 0.25) is 5.02 Å². The Morgan fingerprint density at radius 2 is 1.00 bits per heavy atom. The van der Waals surface area contributed by atoms with Crippen molar-refractivity contribution in [2.45, 2.75) is 11.2 Å². The predicted octanol–water partition coefficient (Wildman–Crippen LogP) is 6.75. The van der Waals surface area contributed by atoms with Crippen LogP contribution in [-0.4, -0.2) is 10.2 Å². The molecule has 5 rings (SSSR count). The third-order valence-electron chi connectivity index (χ3n) is 6.00. The molecule has 0 saturated heterocycles. The Kier molecular flexibility index (Phi) is 5.11. The topological polar surface area (TPSA) is 40.5 Å². The molecule has 2 nitrogen and oxygen atoms in total. The number of aliphatic hydroxyl groups is 2. The number of rotatable bonds is 2. The first-order chi connectivity index (χ1) is 14.9. The summed E-state index contributed by atoms with van der Waals surface area (Å²) in [6, 6.07) is 28.0. The van der Waals surface area contributed by atoms with Crippen molar-refractivity contribution in [3.63, 3.8) is 0 Å². The second-order valence-corrected chi connectivity index (χ2v) is 9.88. The zero-order chi connectivity index (χ0) is 21.8. The van der Waals surface area contributed by atoms with Crippen molar-refractivity contribution in [1.82, 2.24) is 0 Å². The Balaban J connectivity index is 1.91. The summed E-state index contributed by atoms with van der Waals surface area (Å²) in [6.07, 6.45) is 0. The summed E-state index contributed by atoms with van der Waals surface area (Å²) in [4.78, 5) is 0. The molecular weight excluding hydrogens is 540 g/mol. The van der Waals surface area contributed by atoms with Crippen LogP contribution in [0.15, 0.2) is 99.9 Å². The van der Waals surface area contributed by atoms with Crippen molar-refractivity contribution in [2.24, 2.45) is 0 Å². The minimum Gasteiger partial charge on any atom is -0.376 e. The van der Waals surface area contributed by atoms with Crippen LogP contribution in [0.4, 0.5) is 0 Å². The van der Waals surface area contributed by atoms with Gasteiger partial charge in [0.15, 0.2) is 0 Å². The molecule has 0 aliphatic heterocycles. The molecule has 2 N–H and O–H groups in total. The Hall–Kier alpha value is -1.95. The van der Waals surface area contributed by atoms with Gasteiger partial charge in [-0.1, -0.05) is 104 Å². The number of hydrogen-bond acceptors (Lipinski definition) is 2. The highest BCUT2D eigenvalue weighted by Gasteiger charge is 2.51. The number of hydrogen-bond donors (Lipinski definition) is 2. The molecule has 2 unspecified atom stereocenters. The standard InChI is InChI=1S/C26H17Br2ClO2/c27-18-12-8-16(9-13-18)25(30)20-4-1-2-5-21(20)26(31,17-10-14-19(28)15-11-17)24-22(25)6-3-7-23(24)29/h1-15,30-31H. The Bertz CT molecular complexity index is 1290. The van der Waals surface area contributed by atoms with Gasteiger partial charge >= 0.3 is 0 Å². The van der Waals surface area contributed by atoms with Crippen molar-refractivity contribution >= 4 is 43.5 Å². The minimum atomic E-state index is -1.52. The zero-order valence-corrected chi connectivity index (χ0v) is 20.1. The number of fused-ring (bicyclic) bond motifs is 2. The molecule has 0 fully saturated rings. The molecule has 0 radical (unpaired) electrons. The van der Waals surface area contributed by atoms with E-state index < -0.39 is 11.2 Å². The third kappa shape index (κ3) is 3.05. The van der Waals surface area contributed by atoms with Crippen molar-refractivity contribution in [1.29, 1.82) is 0 Å². The monoisotopic (exact) mass is 554 g/mol. The molecule has 0 bridgehead atoms. The molecule has 2 atom stereocenters. The van der Waals surface area contributed by atoms with E-state index >= 15 is 0 Å². The normalized spacial score (nSPS) is 22.0. The summed E-state index contributed by atoms with van der Waals surface area (Å²) in [5, 5.41) is 25.0. The first kappa shape index (κ1) is 20.9. The van der Waals surface area contributed by atoms with Gasteiger partial charge in [0.1, 0.15) is 11.2 Å². The summed E-state index contributed by atoms with van der Waals surface area (Å²) in [7, 11) is 0. The quantitative estimate of drug-likeness (QED) is 0.287. The fraction of sp³-hybridized carbons (Fsp3) is 0.0769. The first-order valence-corrected chi connectivity index (χ1v) is 11.7. The van der Waals surface area contributed by atoms with Gasteiger partial charge in [0, 0.05) is 25.1 Å². The van der Waals surface area contributed by atoms with Crippen LogP contribution in [0, 0.1) is 0 Å². The van der Waals surface area contributed by atoms with Gasteiger partial charge in [-0.3, -0.25) is 0 Å². The van der Waals surface area contributed by atoms with E-state index in [4.69, 9.17) is 11.6 Å². The molecule has 0 saturated carbocycles. The maximum atomic E-state index is 12.3. The summed E-state index contributed by atoms with van der Waals surface area (Å²) in [5.41, 5.74) is 0.654. The van der Waals surface area contributed by atoms with E-state index in [1.807, 2.05) is 78.9 Å². The first-order valence-electron chi connectivity index (χ1n) is 9.73. The second-order valence-electron chi connectivity index (χ2n) is 7.64. The van der Waals surface area contributed by atoms with Crippen LogP contribution in [0.3, 0.4) is 0 Å². The van der Waals surface area contributed by atoms with Crippen molar-refractivity contribution in [2.75, 3.05) is 0 Å². The van der Waals surface area contributed by atoms with Gasteiger partial charge in [-0.25, -0.2) is 0 Å². The highest BCUT2D eigenvalue weighted by molar-refractivity contribution is 9.10. The van der Waals surface area contributed by atoms with Gasteiger partial charge in [0.05, 0.1) is 0 Å². The molecule has 5 heteroatoms. The van der Waals surface area contributed by atoms with Crippen molar-refractivity contribution < 1.29 is 10.2 Å². The smallest absolute Gasteiger partial charge is 0.142 e. The number of halogens is 3. The average Bonchev–Trinajstić information content (AvgIpc) is 2.78. The van der Waals surface area contributed by atoms with E-state index in [0.29, 0.717) is 38.4 Å². The Morgan fingerprint density at radius 3 is 1.55 bits per heavy atom. The van der Waals surface area contributed by atoms with Gasteiger partial charge in [0.2, 0.25) is 0 Å². The van der Waals surface area contributed by atoms with E-state index in [1.165, 1.54) is 0 Å². The maximum absolute atomic E-state index is 12.3. The molecule has 31 heavy (non-hydrogen) atoms. The predicted molar refractivity (Wildman–Crippen MR) is 130 cm³/mol. The van der Waals surface area contributed by atoms with Crippen molar-refractivity contribution in [3.8, 4) is 0 Å². The average molecular weight is 557 g/mol. The maximum Gasteiger partial charge on any atom is 0.142 e. The van der Waals surface area contributed by atoms with E-state index in [2.05, 4.69) is 31.9 Å². The minimum absolute atomic E-state index is 0.396. The lowest BCUT2D eigenvalue weighted by atomic mass is 9.63. The van der Waals surface area contributed by atoms with Gasteiger partial charge in [-0.05, 0) is 52.6 Å². The largest absolute Gasteiger partial charge is 0.376 e. The third-order valence-corrected chi connectivity index (χ3v) is 7.37. The van der Waals surface area contributed by atoms with Crippen LogP contribution >= 0.6 is 43.5 Å². The molecule has 0 amide bonds. The van der Waals surface area contributed by atoms with Crippen LogP contribution in [0.1, 0.15) is 33.4 Å². The van der Waals surface area contributed by atoms with E-state index in [0.717, 1.165) is 8.95 Å². The fourth-order valence-electron chi connectivity index (χ4n) is 4.58.